The van der Waals surface area contributed by atoms with Crippen molar-refractivity contribution in [3.63, 3.8) is 0 Å². The number of hydrogen-bond donors (Lipinski definition) is 1. The van der Waals surface area contributed by atoms with Gasteiger partial charge in [-0.1, -0.05) is 11.6 Å². The molecule has 1 N–H and O–H groups in total. The molecule has 4 rings (SSSR count). The highest BCUT2D eigenvalue weighted by Gasteiger charge is 2.54. The first kappa shape index (κ1) is 31.2. The van der Waals surface area contributed by atoms with Crippen molar-refractivity contribution in [2.24, 2.45) is 11.3 Å². The van der Waals surface area contributed by atoms with Crippen molar-refractivity contribution in [1.82, 2.24) is 4.90 Å². The number of fused-ring (bicyclic) bond motifs is 3. The number of unbranched alkanes of at least 4 members (excludes halogenated alkanes) is 1. The Morgan fingerprint density at radius 2 is 1.90 bits per heavy atom. The van der Waals surface area contributed by atoms with Crippen molar-refractivity contribution in [2.45, 2.75) is 110 Å². The lowest BCUT2D eigenvalue weighted by Crippen LogP contribution is -2.56. The second-order valence-corrected chi connectivity index (χ2v) is 13.6. The van der Waals surface area contributed by atoms with Crippen LogP contribution in [0.1, 0.15) is 105 Å². The molecule has 41 heavy (non-hydrogen) atoms. The summed E-state index contributed by atoms with van der Waals surface area (Å²) in [6.07, 6.45) is 7.99. The number of likely N-dealkylation sites (tertiary alicyclic amines) is 1. The summed E-state index contributed by atoms with van der Waals surface area (Å²) in [6.45, 7) is 14.7. The first-order chi connectivity index (χ1) is 19.3. The van der Waals surface area contributed by atoms with Crippen LogP contribution in [-0.4, -0.2) is 59.6 Å². The fourth-order valence-electron chi connectivity index (χ4n) is 6.40. The molecule has 1 spiro atoms. The van der Waals surface area contributed by atoms with Gasteiger partial charge in [0, 0.05) is 37.1 Å². The van der Waals surface area contributed by atoms with E-state index in [4.69, 9.17) is 24.1 Å². The minimum absolute atomic E-state index is 0.0112. The summed E-state index contributed by atoms with van der Waals surface area (Å²) in [5.74, 6) is 0.942. The van der Waals surface area contributed by atoms with Gasteiger partial charge in [-0.2, -0.15) is 0 Å². The van der Waals surface area contributed by atoms with Gasteiger partial charge in [-0.25, -0.2) is 4.79 Å². The highest BCUT2D eigenvalue weighted by molar-refractivity contribution is 5.68. The van der Waals surface area contributed by atoms with Crippen LogP contribution in [0.15, 0.2) is 29.8 Å². The Morgan fingerprint density at radius 3 is 2.56 bits per heavy atom. The average molecular weight is 572 g/mol. The molecule has 3 heterocycles. The maximum absolute atomic E-state index is 12.7. The minimum Gasteiger partial charge on any atom is -0.493 e. The van der Waals surface area contributed by atoms with E-state index in [0.29, 0.717) is 39.1 Å². The third-order valence-corrected chi connectivity index (χ3v) is 8.73. The number of ether oxygens (including phenoxy) is 4. The molecule has 0 aliphatic carbocycles. The number of aliphatic carboxylic acids is 1. The Balaban J connectivity index is 1.49. The van der Waals surface area contributed by atoms with Crippen LogP contribution in [0.2, 0.25) is 0 Å². The van der Waals surface area contributed by atoms with Gasteiger partial charge < -0.3 is 29.0 Å². The van der Waals surface area contributed by atoms with Crippen LogP contribution in [-0.2, 0) is 14.3 Å². The van der Waals surface area contributed by atoms with Crippen LogP contribution in [0, 0.1) is 11.3 Å². The minimum atomic E-state index is -0.781. The standard InChI is InChI=1S/C33H49NO7/c1-23(2)10-9-14-32(6)26-21-33(15-17-34(18-16-33)30(37)41-31(3,4)5)22-39-29(26)25-13-12-24(20-27(25)40-32)38-19-8-7-11-28(35)36/h10,12-13,20,26,29H,7-9,11,14-19,21-22H2,1-6H3,(H,35,36)/t26-,29+,32-/m0/s1. The Bertz CT molecular complexity index is 1110. The Labute approximate surface area is 245 Å². The number of amides is 1. The van der Waals surface area contributed by atoms with Crippen LogP contribution in [0.3, 0.4) is 0 Å². The lowest BCUT2D eigenvalue weighted by molar-refractivity contribution is -0.179. The highest BCUT2D eigenvalue weighted by Crippen LogP contribution is 2.57. The molecular weight excluding hydrogens is 522 g/mol. The quantitative estimate of drug-likeness (QED) is 0.245. The van der Waals surface area contributed by atoms with Crippen molar-refractivity contribution >= 4 is 12.1 Å². The molecule has 1 amide bonds. The zero-order valence-electron chi connectivity index (χ0n) is 25.8. The summed E-state index contributed by atoms with van der Waals surface area (Å²) in [5.41, 5.74) is 1.45. The predicted molar refractivity (Wildman–Crippen MR) is 157 cm³/mol. The normalized spacial score (nSPS) is 25.0. The molecule has 228 valence electrons. The van der Waals surface area contributed by atoms with Gasteiger partial charge in [-0.3, -0.25) is 4.79 Å². The monoisotopic (exact) mass is 571 g/mol. The fraction of sp³-hybridized carbons (Fsp3) is 0.697. The topological polar surface area (TPSA) is 94.5 Å². The average Bonchev–Trinajstić information content (AvgIpc) is 2.87. The molecule has 0 aromatic heterocycles. The predicted octanol–water partition coefficient (Wildman–Crippen LogP) is 7.31. The van der Waals surface area contributed by atoms with Gasteiger partial charge in [0.25, 0.3) is 0 Å². The first-order valence-corrected chi connectivity index (χ1v) is 15.2. The lowest BCUT2D eigenvalue weighted by Gasteiger charge is -2.55. The van der Waals surface area contributed by atoms with E-state index >= 15 is 0 Å². The Morgan fingerprint density at radius 1 is 1.17 bits per heavy atom. The molecule has 3 aliphatic heterocycles. The lowest BCUT2D eigenvalue weighted by atomic mass is 9.63. The van der Waals surface area contributed by atoms with E-state index in [1.807, 2.05) is 37.8 Å². The molecule has 0 radical (unpaired) electrons. The first-order valence-electron chi connectivity index (χ1n) is 15.2. The number of hydrogen-bond acceptors (Lipinski definition) is 6. The van der Waals surface area contributed by atoms with Gasteiger partial charge in [0.2, 0.25) is 0 Å². The van der Waals surface area contributed by atoms with Crippen LogP contribution in [0.25, 0.3) is 0 Å². The van der Waals surface area contributed by atoms with Gasteiger partial charge >= 0.3 is 12.1 Å². The number of nitrogens with zero attached hydrogens (tertiary/aromatic N) is 1. The van der Waals surface area contributed by atoms with Gasteiger partial charge in [0.05, 0.1) is 19.3 Å². The summed E-state index contributed by atoms with van der Waals surface area (Å²) in [6, 6.07) is 6.00. The van der Waals surface area contributed by atoms with Gasteiger partial charge in [0.15, 0.2) is 0 Å². The number of allylic oxidation sites excluding steroid dienone is 2. The number of carboxylic acid groups (broad SMARTS) is 1. The molecule has 1 aromatic carbocycles. The van der Waals surface area contributed by atoms with E-state index in [2.05, 4.69) is 32.9 Å². The Hall–Kier alpha value is -2.74. The summed E-state index contributed by atoms with van der Waals surface area (Å²) in [4.78, 5) is 25.3. The zero-order chi connectivity index (χ0) is 29.8. The number of piperidine rings is 1. The van der Waals surface area contributed by atoms with Crippen molar-refractivity contribution in [2.75, 3.05) is 26.3 Å². The third kappa shape index (κ3) is 7.97. The summed E-state index contributed by atoms with van der Waals surface area (Å²) in [5, 5.41) is 8.86. The maximum atomic E-state index is 12.7. The van der Waals surface area contributed by atoms with Gasteiger partial charge in [-0.15, -0.1) is 0 Å². The van der Waals surface area contributed by atoms with Crippen molar-refractivity contribution < 1.29 is 33.6 Å². The smallest absolute Gasteiger partial charge is 0.410 e. The van der Waals surface area contributed by atoms with E-state index in [9.17, 15) is 9.59 Å². The van der Waals surface area contributed by atoms with Crippen molar-refractivity contribution in [3.8, 4) is 11.5 Å². The molecule has 0 saturated carbocycles. The van der Waals surface area contributed by atoms with Crippen LogP contribution < -0.4 is 9.47 Å². The molecular formula is C33H49NO7. The van der Waals surface area contributed by atoms with E-state index in [-0.39, 0.29) is 30.0 Å². The van der Waals surface area contributed by atoms with Gasteiger partial charge in [0.1, 0.15) is 22.7 Å². The number of benzene rings is 1. The number of rotatable bonds is 9. The molecule has 8 heteroatoms. The van der Waals surface area contributed by atoms with E-state index in [1.54, 1.807) is 0 Å². The molecule has 8 nitrogen and oxygen atoms in total. The van der Waals surface area contributed by atoms with Crippen molar-refractivity contribution in [1.29, 1.82) is 0 Å². The third-order valence-electron chi connectivity index (χ3n) is 8.73. The molecule has 1 aromatic rings. The molecule has 3 aliphatic rings. The molecule has 2 fully saturated rings. The second-order valence-electron chi connectivity index (χ2n) is 13.6. The number of carbonyl (C=O) groups excluding carboxylic acids is 1. The summed E-state index contributed by atoms with van der Waals surface area (Å²) in [7, 11) is 0. The number of carbonyl (C=O) groups is 2. The second kappa shape index (κ2) is 12.6. The largest absolute Gasteiger partial charge is 0.493 e. The molecule has 0 unspecified atom stereocenters. The summed E-state index contributed by atoms with van der Waals surface area (Å²) >= 11 is 0. The molecule has 2 saturated heterocycles. The fourth-order valence-corrected chi connectivity index (χ4v) is 6.40. The van der Waals surface area contributed by atoms with E-state index in [1.165, 1.54) is 5.57 Å². The van der Waals surface area contributed by atoms with E-state index in [0.717, 1.165) is 49.2 Å². The van der Waals surface area contributed by atoms with Crippen LogP contribution in [0.4, 0.5) is 4.79 Å². The van der Waals surface area contributed by atoms with Crippen molar-refractivity contribution in [3.05, 3.63) is 35.4 Å². The zero-order valence-corrected chi connectivity index (χ0v) is 25.8. The SMILES string of the molecule is CC(C)=CCC[C@]1(C)Oc2cc(OCCCCC(=O)O)ccc2[C@H]2OCC3(CCN(C(=O)OC(C)(C)C)CC3)C[C@@H]21. The number of carboxylic acids is 1. The van der Waals surface area contributed by atoms with Crippen LogP contribution >= 0.6 is 0 Å². The van der Waals surface area contributed by atoms with E-state index < -0.39 is 17.2 Å². The van der Waals surface area contributed by atoms with Gasteiger partial charge in [-0.05, 0) is 104 Å². The molecule has 0 bridgehead atoms. The Kier molecular flexibility index (Phi) is 9.62. The van der Waals surface area contributed by atoms with Crippen LogP contribution in [0.5, 0.6) is 11.5 Å². The summed E-state index contributed by atoms with van der Waals surface area (Å²) < 4.78 is 25.2. The maximum Gasteiger partial charge on any atom is 0.410 e. The molecule has 3 atom stereocenters. The highest BCUT2D eigenvalue weighted by atomic mass is 16.6.